The molecule has 0 atom stereocenters. The number of hydrogen-bond acceptors (Lipinski definition) is 14. The van der Waals surface area contributed by atoms with Gasteiger partial charge in [0.1, 0.15) is 23.0 Å². The molecule has 0 fully saturated rings. The number of hydrogen-bond donors (Lipinski definition) is 0. The van der Waals surface area contributed by atoms with Crippen LogP contribution in [0.25, 0.3) is 79.8 Å². The van der Waals surface area contributed by atoms with Crippen LogP contribution in [0, 0.1) is 0 Å². The Kier molecular flexibility index (Phi) is 22.6. The quantitative estimate of drug-likeness (QED) is 0.0204. The number of carbonyl (C=O) groups excluding carboxylic acids is 4. The van der Waals surface area contributed by atoms with Crippen molar-refractivity contribution in [2.45, 2.75) is 79.1 Å². The molecule has 8 rings (SSSR count). The summed E-state index contributed by atoms with van der Waals surface area (Å²) in [6.45, 7) is 9.02. The molecule has 0 saturated carbocycles. The van der Waals surface area contributed by atoms with Gasteiger partial charge in [-0.15, -0.1) is 22.1 Å². The Bertz CT molecular complexity index is 3200. The second kappa shape index (κ2) is 30.1. The third-order valence-corrected chi connectivity index (χ3v) is 13.1. The molecule has 3 aromatic heterocycles. The van der Waals surface area contributed by atoms with Crippen LogP contribution in [0.3, 0.4) is 0 Å². The van der Waals surface area contributed by atoms with Gasteiger partial charge in [-0.05, 0) is 119 Å². The maximum Gasteiger partial charge on any atom is 2.00 e. The van der Waals surface area contributed by atoms with Crippen LogP contribution in [0.1, 0.15) is 102 Å². The van der Waals surface area contributed by atoms with E-state index < -0.39 is 0 Å². The summed E-state index contributed by atoms with van der Waals surface area (Å²) in [6.07, 6.45) is 10.0. The second-order valence-corrected chi connectivity index (χ2v) is 18.8. The Morgan fingerprint density at radius 1 is 0.438 bits per heavy atom. The van der Waals surface area contributed by atoms with Crippen molar-refractivity contribution in [3.05, 3.63) is 118 Å². The van der Waals surface area contributed by atoms with Crippen LogP contribution >= 0.6 is 15.9 Å². The van der Waals surface area contributed by atoms with Gasteiger partial charge in [-0.2, -0.15) is 0 Å². The molecule has 0 spiro atoms. The molecular formula is C62H63BrN4O12Zn. The molecule has 6 aromatic rings. The molecule has 0 saturated heterocycles. The van der Waals surface area contributed by atoms with Gasteiger partial charge in [0.2, 0.25) is 0 Å². The van der Waals surface area contributed by atoms with E-state index in [1.807, 2.05) is 115 Å². The minimum absolute atomic E-state index is 0. The molecule has 2 aliphatic heterocycles. The Morgan fingerprint density at radius 2 is 0.825 bits per heavy atom. The van der Waals surface area contributed by atoms with Gasteiger partial charge in [0.05, 0.1) is 86.8 Å². The smallest absolute Gasteiger partial charge is 0.657 e. The van der Waals surface area contributed by atoms with Crippen LogP contribution in [-0.2, 0) is 57.6 Å². The molecule has 0 amide bonds. The third kappa shape index (κ3) is 15.6. The number of nitrogens with zero attached hydrogens (tertiary/aromatic N) is 4. The van der Waals surface area contributed by atoms with E-state index >= 15 is 0 Å². The molecule has 0 radical (unpaired) electrons. The second-order valence-electron chi connectivity index (χ2n) is 18.0. The molecule has 3 aromatic carbocycles. The number of fused-ring (bicyclic) bond motifs is 8. The topological polar surface area (TPSA) is 196 Å². The molecule has 16 nitrogen and oxygen atoms in total. The average Bonchev–Trinajstić information content (AvgIpc) is 4.34. The van der Waals surface area contributed by atoms with Crippen molar-refractivity contribution in [3.63, 3.8) is 0 Å². The molecule has 80 heavy (non-hydrogen) atoms. The van der Waals surface area contributed by atoms with Gasteiger partial charge in [0.25, 0.3) is 0 Å². The van der Waals surface area contributed by atoms with Crippen LogP contribution in [0.2, 0.25) is 0 Å². The summed E-state index contributed by atoms with van der Waals surface area (Å²) in [4.78, 5) is 70.7. The first kappa shape index (κ1) is 60.1. The van der Waals surface area contributed by atoms with Crippen molar-refractivity contribution in [2.24, 2.45) is 0 Å². The number of carbonyl (C=O) groups is 4. The number of esters is 4. The van der Waals surface area contributed by atoms with E-state index in [1.165, 1.54) is 0 Å². The molecule has 5 heterocycles. The minimum atomic E-state index is -0.310. The number of benzene rings is 3. The van der Waals surface area contributed by atoms with E-state index in [4.69, 9.17) is 57.8 Å². The fraction of sp³-hybridized carbons (Fsp3) is 0.323. The van der Waals surface area contributed by atoms with Crippen molar-refractivity contribution in [3.8, 4) is 56.4 Å². The zero-order valence-electron chi connectivity index (χ0n) is 45.6. The largest absolute Gasteiger partial charge is 2.00 e. The van der Waals surface area contributed by atoms with Crippen molar-refractivity contribution in [1.29, 1.82) is 0 Å². The molecule has 412 valence electrons. The molecule has 0 aliphatic carbocycles. The third-order valence-electron chi connectivity index (χ3n) is 12.4. The number of halogens is 1. The van der Waals surface area contributed by atoms with Gasteiger partial charge in [-0.25, -0.2) is 9.97 Å². The fourth-order valence-electron chi connectivity index (χ4n) is 9.00. The summed E-state index contributed by atoms with van der Waals surface area (Å²) >= 11 is 3.85. The Hall–Kier alpha value is -7.56. The summed E-state index contributed by atoms with van der Waals surface area (Å²) in [7, 11) is 0. The predicted octanol–water partition coefficient (Wildman–Crippen LogP) is 12.6. The summed E-state index contributed by atoms with van der Waals surface area (Å²) < 4.78 is 47.7. The summed E-state index contributed by atoms with van der Waals surface area (Å²) in [6, 6.07) is 28.5. The first-order chi connectivity index (χ1) is 38.6. The SMILES string of the molecule is CCOC(=O)CCCOc1cccc(OCCCC(=O)OCC)c1-c1c2nc(c(-c3ccccc3Br)c3ccc([n-]3)c(-c3c(OCCCC(=O)OCC)cccc3OCCCC(=O)OCC)c3nc(cc4ccc1[n-]4)C=C3)C=C2.[Zn+2]. The van der Waals surface area contributed by atoms with Gasteiger partial charge in [-0.3, -0.25) is 19.2 Å². The zero-order valence-corrected chi connectivity index (χ0v) is 50.1. The van der Waals surface area contributed by atoms with Crippen LogP contribution in [-0.4, -0.2) is 86.7 Å². The Balaban J connectivity index is 0.00000924. The Morgan fingerprint density at radius 3 is 1.27 bits per heavy atom. The van der Waals surface area contributed by atoms with Crippen LogP contribution < -0.4 is 28.9 Å². The molecule has 2 aliphatic rings. The first-order valence-electron chi connectivity index (χ1n) is 26.8. The zero-order chi connectivity index (χ0) is 55.5. The maximum absolute atomic E-state index is 12.4. The molecule has 18 heteroatoms. The van der Waals surface area contributed by atoms with E-state index in [0.717, 1.165) is 10.0 Å². The van der Waals surface area contributed by atoms with Gasteiger partial charge in [-0.1, -0.05) is 76.6 Å². The monoisotopic (exact) mass is 1200 g/mol. The standard InChI is InChI=1S/C62H63BrN4O12.Zn/c1-5-72-54(68)23-13-35-76-50-19-11-20-51(77-36-14-24-55(69)73-6-2)61(50)59-46-29-27-40(64-46)39-41-28-30-47(65-41)60(49-34-32-45(67-49)58(44-31-33-48(59)66-44)42-17-9-10-18-43(42)63)62-52(78-37-15-25-56(70)74-7-3)21-12-22-53(62)79-38-16-26-57(71)75-8-4;/h9-12,17-22,27-34,39H,5-8,13-16,23-26,35-38H2,1-4H3;/q-2;+2. The van der Waals surface area contributed by atoms with Crippen molar-refractivity contribution < 1.29 is 76.6 Å². The van der Waals surface area contributed by atoms with Gasteiger partial charge in [0.15, 0.2) is 0 Å². The van der Waals surface area contributed by atoms with E-state index in [9.17, 15) is 19.2 Å². The van der Waals surface area contributed by atoms with E-state index in [-0.39, 0.29) is 122 Å². The predicted molar refractivity (Wildman–Crippen MR) is 306 cm³/mol. The molecule has 0 unspecified atom stereocenters. The van der Waals surface area contributed by atoms with E-state index in [2.05, 4.69) is 15.9 Å². The number of aromatic nitrogens is 4. The minimum Gasteiger partial charge on any atom is -0.657 e. The maximum atomic E-state index is 12.4. The van der Waals surface area contributed by atoms with Crippen LogP contribution in [0.5, 0.6) is 23.0 Å². The van der Waals surface area contributed by atoms with Crippen molar-refractivity contribution in [1.82, 2.24) is 19.9 Å². The van der Waals surface area contributed by atoms with E-state index in [0.29, 0.717) is 121 Å². The normalized spacial score (nSPS) is 11.4. The van der Waals surface area contributed by atoms with Gasteiger partial charge < -0.3 is 47.9 Å². The van der Waals surface area contributed by atoms with E-state index in [1.54, 1.807) is 27.7 Å². The van der Waals surface area contributed by atoms with Crippen molar-refractivity contribution in [2.75, 3.05) is 52.9 Å². The van der Waals surface area contributed by atoms with Crippen LogP contribution in [0.4, 0.5) is 0 Å². The average molecular weight is 1200 g/mol. The molecule has 8 bridgehead atoms. The summed E-state index contributed by atoms with van der Waals surface area (Å²) in [5.74, 6) is 0.660. The van der Waals surface area contributed by atoms with Crippen molar-refractivity contribution >= 4 is 86.2 Å². The molecule has 0 N–H and O–H groups in total. The summed E-state index contributed by atoms with van der Waals surface area (Å²) in [5.41, 5.74) is 8.58. The first-order valence-corrected chi connectivity index (χ1v) is 27.6. The number of ether oxygens (including phenoxy) is 8. The van der Waals surface area contributed by atoms with Gasteiger partial charge in [0, 0.05) is 41.3 Å². The van der Waals surface area contributed by atoms with Gasteiger partial charge >= 0.3 is 43.4 Å². The fourth-order valence-corrected chi connectivity index (χ4v) is 9.48. The number of rotatable bonds is 27. The molecular weight excluding hydrogens is 1140 g/mol. The van der Waals surface area contributed by atoms with Crippen LogP contribution in [0.15, 0.2) is 95.5 Å². The Labute approximate surface area is 486 Å². The summed E-state index contributed by atoms with van der Waals surface area (Å²) in [5, 5.41) is 0.